The van der Waals surface area contributed by atoms with Gasteiger partial charge >= 0.3 is 11.7 Å². The number of anilines is 1. The zero-order valence-corrected chi connectivity index (χ0v) is 10.6. The van der Waals surface area contributed by atoms with Gasteiger partial charge in [0, 0.05) is 18.0 Å². The third-order valence-electron chi connectivity index (χ3n) is 3.50. The summed E-state index contributed by atoms with van der Waals surface area (Å²) >= 11 is 0. The van der Waals surface area contributed by atoms with Crippen molar-refractivity contribution in [1.82, 2.24) is 0 Å². The first kappa shape index (κ1) is 15.1. The molecule has 0 atom stereocenters. The van der Waals surface area contributed by atoms with Gasteiger partial charge in [-0.3, -0.25) is 10.1 Å². The van der Waals surface area contributed by atoms with Crippen LogP contribution in [0.1, 0.15) is 23.2 Å². The lowest BCUT2D eigenvalue weighted by atomic mass is 10.1. The van der Waals surface area contributed by atoms with Crippen molar-refractivity contribution in [3.63, 3.8) is 0 Å². The van der Waals surface area contributed by atoms with E-state index in [0.29, 0.717) is 12.1 Å². The number of carboxylic acid groups (broad SMARTS) is 1. The second kappa shape index (κ2) is 5.23. The van der Waals surface area contributed by atoms with Crippen molar-refractivity contribution in [2.45, 2.75) is 19.3 Å². The fourth-order valence-electron chi connectivity index (χ4n) is 1.93. The zero-order chi connectivity index (χ0) is 15.8. The van der Waals surface area contributed by atoms with Gasteiger partial charge in [0.2, 0.25) is 12.2 Å². The number of hydrogen-bond acceptors (Lipinski definition) is 4. The van der Waals surface area contributed by atoms with Crippen molar-refractivity contribution in [1.29, 1.82) is 0 Å². The molecule has 0 aromatic heterocycles. The Morgan fingerprint density at radius 2 is 2.10 bits per heavy atom. The summed E-state index contributed by atoms with van der Waals surface area (Å²) in [4.78, 5) is 20.6. The number of benzene rings is 1. The van der Waals surface area contributed by atoms with Crippen molar-refractivity contribution >= 4 is 17.3 Å². The van der Waals surface area contributed by atoms with Crippen LogP contribution >= 0.6 is 0 Å². The van der Waals surface area contributed by atoms with Gasteiger partial charge in [-0.1, -0.05) is 0 Å². The van der Waals surface area contributed by atoms with Crippen molar-refractivity contribution in [2.75, 3.05) is 11.9 Å². The summed E-state index contributed by atoms with van der Waals surface area (Å²) in [5, 5.41) is 22.1. The number of alkyl halides is 2. The van der Waals surface area contributed by atoms with E-state index >= 15 is 0 Å². The van der Waals surface area contributed by atoms with E-state index in [-0.39, 0.29) is 25.1 Å². The molecule has 0 spiro atoms. The van der Waals surface area contributed by atoms with Gasteiger partial charge in [-0.05, 0) is 18.9 Å². The molecule has 1 aliphatic carbocycles. The maximum Gasteiger partial charge on any atom is 0.337 e. The molecule has 0 aliphatic heterocycles. The first-order valence-corrected chi connectivity index (χ1v) is 6.00. The van der Waals surface area contributed by atoms with Gasteiger partial charge in [-0.15, -0.1) is 0 Å². The summed E-state index contributed by atoms with van der Waals surface area (Å²) in [6, 6.07) is 1.21. The van der Waals surface area contributed by atoms with Gasteiger partial charge in [-0.25, -0.2) is 13.6 Å². The van der Waals surface area contributed by atoms with E-state index in [1.807, 2.05) is 0 Å². The molecule has 21 heavy (non-hydrogen) atoms. The molecule has 0 unspecified atom stereocenters. The molecule has 0 radical (unpaired) electrons. The molecule has 1 saturated carbocycles. The van der Waals surface area contributed by atoms with E-state index in [9.17, 15) is 28.1 Å². The smallest absolute Gasteiger partial charge is 0.337 e. The number of aromatic carboxylic acids is 1. The van der Waals surface area contributed by atoms with Gasteiger partial charge < -0.3 is 10.4 Å². The second-order valence-corrected chi connectivity index (χ2v) is 4.93. The lowest BCUT2D eigenvalue weighted by molar-refractivity contribution is -0.387. The van der Waals surface area contributed by atoms with Crippen LogP contribution in [0.15, 0.2) is 12.1 Å². The number of carbonyl (C=O) groups is 1. The molecule has 114 valence electrons. The first-order chi connectivity index (χ1) is 9.77. The van der Waals surface area contributed by atoms with Gasteiger partial charge in [0.1, 0.15) is 0 Å². The number of rotatable bonds is 6. The number of nitrogens with zero attached hydrogens (tertiary/aromatic N) is 1. The highest BCUT2D eigenvalue weighted by molar-refractivity contribution is 5.94. The lowest BCUT2D eigenvalue weighted by Crippen LogP contribution is -2.23. The highest BCUT2D eigenvalue weighted by Crippen LogP contribution is 2.50. The van der Waals surface area contributed by atoms with Crippen LogP contribution in [0.5, 0.6) is 0 Å². The molecule has 0 saturated heterocycles. The molecule has 2 N–H and O–H groups in total. The quantitative estimate of drug-likeness (QED) is 0.622. The van der Waals surface area contributed by atoms with Crippen molar-refractivity contribution in [3.8, 4) is 0 Å². The van der Waals surface area contributed by atoms with Gasteiger partial charge in [-0.2, -0.15) is 4.39 Å². The van der Waals surface area contributed by atoms with Crippen molar-refractivity contribution < 1.29 is 28.0 Å². The lowest BCUT2D eigenvalue weighted by Gasteiger charge is -2.17. The van der Waals surface area contributed by atoms with Gasteiger partial charge in [0.25, 0.3) is 0 Å². The highest BCUT2D eigenvalue weighted by atomic mass is 19.3. The van der Waals surface area contributed by atoms with Crippen LogP contribution in [-0.4, -0.2) is 29.0 Å². The minimum Gasteiger partial charge on any atom is -0.478 e. The van der Waals surface area contributed by atoms with E-state index in [1.54, 1.807) is 0 Å². The Bertz CT molecular complexity index is 602. The molecule has 1 aromatic rings. The van der Waals surface area contributed by atoms with E-state index in [1.165, 1.54) is 0 Å². The molecule has 1 aromatic carbocycles. The third-order valence-corrected chi connectivity index (χ3v) is 3.50. The van der Waals surface area contributed by atoms with Crippen LogP contribution in [0.4, 0.5) is 24.5 Å². The SMILES string of the molecule is O=C(O)c1cc(F)c([N+](=O)[O-])cc1NCC1(C(F)F)CC1. The number of halogens is 3. The predicted molar refractivity (Wildman–Crippen MR) is 66.2 cm³/mol. The number of nitro groups is 1. The van der Waals surface area contributed by atoms with Crippen LogP contribution in [0.2, 0.25) is 0 Å². The number of nitro benzene ring substituents is 1. The number of hydrogen-bond donors (Lipinski definition) is 2. The molecule has 1 aliphatic rings. The third kappa shape index (κ3) is 2.91. The summed E-state index contributed by atoms with van der Waals surface area (Å²) in [5.74, 6) is -2.80. The zero-order valence-electron chi connectivity index (χ0n) is 10.6. The Kier molecular flexibility index (Phi) is 3.75. The van der Waals surface area contributed by atoms with Crippen LogP contribution in [0.25, 0.3) is 0 Å². The minimum atomic E-state index is -2.58. The Balaban J connectivity index is 2.30. The van der Waals surface area contributed by atoms with E-state index in [0.717, 1.165) is 0 Å². The van der Waals surface area contributed by atoms with E-state index in [2.05, 4.69) is 5.32 Å². The van der Waals surface area contributed by atoms with Crippen LogP contribution in [-0.2, 0) is 0 Å². The fraction of sp³-hybridized carbons (Fsp3) is 0.417. The minimum absolute atomic E-state index is 0.228. The first-order valence-electron chi connectivity index (χ1n) is 6.00. The van der Waals surface area contributed by atoms with Gasteiger partial charge in [0.15, 0.2) is 0 Å². The largest absolute Gasteiger partial charge is 0.478 e. The Hall–Kier alpha value is -2.32. The van der Waals surface area contributed by atoms with Crippen LogP contribution < -0.4 is 5.32 Å². The van der Waals surface area contributed by atoms with Crippen molar-refractivity contribution in [2.24, 2.45) is 5.41 Å². The molecule has 2 rings (SSSR count). The molecular weight excluding hydrogens is 293 g/mol. The standard InChI is InChI=1S/C12H11F3N2O4/c13-7-3-6(10(18)19)8(4-9(7)17(20)21)16-5-12(1-2-12)11(14)15/h3-4,11,16H,1-2,5H2,(H,18,19). The molecule has 0 bridgehead atoms. The van der Waals surface area contributed by atoms with Crippen LogP contribution in [0.3, 0.4) is 0 Å². The van der Waals surface area contributed by atoms with E-state index in [4.69, 9.17) is 5.11 Å². The highest BCUT2D eigenvalue weighted by Gasteiger charge is 2.50. The fourth-order valence-corrected chi connectivity index (χ4v) is 1.93. The summed E-state index contributed by atoms with van der Waals surface area (Å²) in [7, 11) is 0. The number of carboxylic acids is 1. The normalized spacial score (nSPS) is 15.8. The second-order valence-electron chi connectivity index (χ2n) is 4.93. The molecular formula is C12H11F3N2O4. The summed E-state index contributed by atoms with van der Waals surface area (Å²) in [6.07, 6.45) is -2.01. The molecule has 0 heterocycles. The van der Waals surface area contributed by atoms with Gasteiger partial charge in [0.05, 0.1) is 16.2 Å². The average molecular weight is 304 g/mol. The monoisotopic (exact) mass is 304 g/mol. The maximum atomic E-state index is 13.4. The summed E-state index contributed by atoms with van der Waals surface area (Å²) < 4.78 is 39.0. The predicted octanol–water partition coefficient (Wildman–Crippen LogP) is 2.89. The topological polar surface area (TPSA) is 92.5 Å². The maximum absolute atomic E-state index is 13.4. The molecule has 1 fully saturated rings. The molecule has 9 heteroatoms. The Morgan fingerprint density at radius 1 is 1.48 bits per heavy atom. The summed E-state index contributed by atoms with van der Waals surface area (Å²) in [5.41, 5.74) is -2.94. The van der Waals surface area contributed by atoms with Crippen molar-refractivity contribution in [3.05, 3.63) is 33.6 Å². The van der Waals surface area contributed by atoms with E-state index < -0.39 is 39.8 Å². The number of nitrogens with one attached hydrogen (secondary N) is 1. The molecule has 0 amide bonds. The Morgan fingerprint density at radius 3 is 2.52 bits per heavy atom. The Labute approximate surface area is 116 Å². The van der Waals surface area contributed by atoms with Crippen LogP contribution in [0, 0.1) is 21.3 Å². The molecule has 6 nitrogen and oxygen atoms in total. The average Bonchev–Trinajstić information content (AvgIpc) is 3.17. The summed E-state index contributed by atoms with van der Waals surface area (Å²) in [6.45, 7) is -0.228.